The highest BCUT2D eigenvalue weighted by atomic mass is 32.2. The largest absolute Gasteiger partial charge is 0.496 e. The summed E-state index contributed by atoms with van der Waals surface area (Å²) in [5.74, 6) is -0.461. The molecule has 0 saturated heterocycles. The fourth-order valence-electron chi connectivity index (χ4n) is 2.67. The molecule has 0 fully saturated rings. The lowest BCUT2D eigenvalue weighted by Crippen LogP contribution is -2.41. The van der Waals surface area contributed by atoms with Gasteiger partial charge in [-0.2, -0.15) is 11.3 Å². The first kappa shape index (κ1) is 20.1. The number of methoxy groups -OCH3 is 1. The number of sulfonamides is 1. The van der Waals surface area contributed by atoms with Crippen LogP contribution in [0.25, 0.3) is 0 Å². The molecule has 0 bridgehead atoms. The molecule has 0 radical (unpaired) electrons. The number of nitrogens with two attached hydrogens (primary N) is 1. The van der Waals surface area contributed by atoms with Crippen LogP contribution in [0.1, 0.15) is 21.7 Å². The summed E-state index contributed by atoms with van der Waals surface area (Å²) in [5.41, 5.74) is 4.01. The predicted molar refractivity (Wildman–Crippen MR) is 103 cm³/mol. The van der Waals surface area contributed by atoms with E-state index in [0.717, 1.165) is 6.07 Å². The van der Waals surface area contributed by atoms with Crippen molar-refractivity contribution < 1.29 is 27.5 Å². The van der Waals surface area contributed by atoms with Gasteiger partial charge in [-0.25, -0.2) is 13.1 Å². The molecule has 0 aliphatic rings. The Bertz CT molecular complexity index is 1030. The van der Waals surface area contributed by atoms with Gasteiger partial charge < -0.3 is 20.0 Å². The van der Waals surface area contributed by atoms with Crippen molar-refractivity contribution in [2.45, 2.75) is 10.5 Å². The Morgan fingerprint density at radius 2 is 2.14 bits per heavy atom. The zero-order chi connectivity index (χ0) is 20.4. The molecule has 10 heteroatoms. The first-order valence-electron chi connectivity index (χ1n) is 8.04. The molecule has 4 N–H and O–H groups in total. The van der Waals surface area contributed by atoms with E-state index in [0.29, 0.717) is 5.56 Å². The summed E-state index contributed by atoms with van der Waals surface area (Å²) >= 11 is 1.36. The van der Waals surface area contributed by atoms with Gasteiger partial charge in [0.2, 0.25) is 10.0 Å². The van der Waals surface area contributed by atoms with E-state index >= 15 is 0 Å². The average molecular weight is 422 g/mol. The van der Waals surface area contributed by atoms with E-state index in [1.807, 2.05) is 0 Å². The molecule has 148 valence electrons. The first-order chi connectivity index (χ1) is 13.3. The molecule has 1 aromatic carbocycles. The van der Waals surface area contributed by atoms with Crippen molar-refractivity contribution in [3.63, 3.8) is 0 Å². The summed E-state index contributed by atoms with van der Waals surface area (Å²) in [5, 5.41) is 14.6. The van der Waals surface area contributed by atoms with Gasteiger partial charge >= 0.3 is 0 Å². The third-order valence-electron chi connectivity index (χ3n) is 4.19. The lowest BCUT2D eigenvalue weighted by molar-refractivity contribution is 0.0623. The van der Waals surface area contributed by atoms with Crippen molar-refractivity contribution in [2.24, 2.45) is 5.73 Å². The van der Waals surface area contributed by atoms with Crippen molar-refractivity contribution in [3.05, 3.63) is 70.3 Å². The first-order valence-corrected chi connectivity index (χ1v) is 10.5. The quantitative estimate of drug-likeness (QED) is 0.506. The molecule has 1 atom stereocenters. The third kappa shape index (κ3) is 3.80. The summed E-state index contributed by atoms with van der Waals surface area (Å²) < 4.78 is 38.2. The van der Waals surface area contributed by atoms with Crippen molar-refractivity contribution in [1.29, 1.82) is 0 Å². The lowest BCUT2D eigenvalue weighted by Gasteiger charge is -2.25. The van der Waals surface area contributed by atoms with Crippen molar-refractivity contribution in [2.75, 3.05) is 13.7 Å². The molecule has 2 heterocycles. The fraction of sp³-hybridized carbons (Fsp3) is 0.167. The number of amides is 1. The Balaban J connectivity index is 1.92. The minimum Gasteiger partial charge on any atom is -0.496 e. The molecule has 3 rings (SSSR count). The Morgan fingerprint density at radius 1 is 1.36 bits per heavy atom. The molecule has 2 aromatic heterocycles. The van der Waals surface area contributed by atoms with Crippen LogP contribution in [0.2, 0.25) is 0 Å². The van der Waals surface area contributed by atoms with E-state index in [1.54, 1.807) is 29.0 Å². The molecule has 1 amide bonds. The summed E-state index contributed by atoms with van der Waals surface area (Å²) in [6.45, 7) is -0.377. The minimum atomic E-state index is -4.07. The number of primary amides is 1. The molecule has 0 aliphatic carbocycles. The number of carbonyl (C=O) groups is 1. The molecule has 0 unspecified atom stereocenters. The van der Waals surface area contributed by atoms with Crippen LogP contribution in [-0.2, 0) is 15.6 Å². The van der Waals surface area contributed by atoms with Crippen LogP contribution in [0.4, 0.5) is 0 Å². The van der Waals surface area contributed by atoms with E-state index in [1.165, 1.54) is 36.8 Å². The zero-order valence-corrected chi connectivity index (χ0v) is 16.4. The molecule has 0 spiro atoms. The maximum atomic E-state index is 12.7. The molecular formula is C18H18N2O6S2. The summed E-state index contributed by atoms with van der Waals surface area (Å²) in [6, 6.07) is 8.59. The normalized spacial score (nSPS) is 13.8. The van der Waals surface area contributed by atoms with Crippen molar-refractivity contribution >= 4 is 27.3 Å². The van der Waals surface area contributed by atoms with E-state index in [9.17, 15) is 18.3 Å². The Morgan fingerprint density at radius 3 is 2.71 bits per heavy atom. The van der Waals surface area contributed by atoms with E-state index in [2.05, 4.69) is 4.72 Å². The monoisotopic (exact) mass is 422 g/mol. The number of rotatable bonds is 8. The number of aliphatic hydroxyl groups is 1. The van der Waals surface area contributed by atoms with Crippen molar-refractivity contribution in [1.82, 2.24) is 4.72 Å². The Labute approximate surface area is 165 Å². The second kappa shape index (κ2) is 7.76. The third-order valence-corrected chi connectivity index (χ3v) is 6.27. The van der Waals surface area contributed by atoms with Crippen LogP contribution in [0.5, 0.6) is 5.75 Å². The van der Waals surface area contributed by atoms with Gasteiger partial charge in [0.25, 0.3) is 5.91 Å². The van der Waals surface area contributed by atoms with Gasteiger partial charge in [-0.05, 0) is 47.2 Å². The number of hydrogen-bond acceptors (Lipinski definition) is 7. The number of hydrogen-bond donors (Lipinski definition) is 3. The van der Waals surface area contributed by atoms with Crippen LogP contribution in [0, 0.1) is 0 Å². The zero-order valence-electron chi connectivity index (χ0n) is 14.8. The Kier molecular flexibility index (Phi) is 5.57. The highest BCUT2D eigenvalue weighted by molar-refractivity contribution is 7.89. The summed E-state index contributed by atoms with van der Waals surface area (Å²) in [6.07, 6.45) is 1.39. The maximum Gasteiger partial charge on any atom is 0.252 e. The second-order valence-corrected chi connectivity index (χ2v) is 8.45. The van der Waals surface area contributed by atoms with Gasteiger partial charge in [0, 0.05) is 5.56 Å². The number of benzene rings is 1. The molecule has 28 heavy (non-hydrogen) atoms. The van der Waals surface area contributed by atoms with Gasteiger partial charge in [-0.3, -0.25) is 4.79 Å². The van der Waals surface area contributed by atoms with Crippen LogP contribution in [-0.4, -0.2) is 33.1 Å². The van der Waals surface area contributed by atoms with E-state index < -0.39 is 21.5 Å². The molecule has 0 aliphatic heterocycles. The van der Waals surface area contributed by atoms with Gasteiger partial charge in [0.05, 0.1) is 30.4 Å². The van der Waals surface area contributed by atoms with Crippen LogP contribution < -0.4 is 15.2 Å². The van der Waals surface area contributed by atoms with E-state index in [-0.39, 0.29) is 28.5 Å². The smallest absolute Gasteiger partial charge is 0.252 e. The highest BCUT2D eigenvalue weighted by Crippen LogP contribution is 2.31. The number of furan rings is 1. The van der Waals surface area contributed by atoms with Crippen molar-refractivity contribution in [3.8, 4) is 5.75 Å². The van der Waals surface area contributed by atoms with Crippen LogP contribution >= 0.6 is 11.3 Å². The number of ether oxygens (including phenoxy) is 1. The molecular weight excluding hydrogens is 404 g/mol. The lowest BCUT2D eigenvalue weighted by atomic mass is 9.94. The van der Waals surface area contributed by atoms with Crippen LogP contribution in [0.3, 0.4) is 0 Å². The fourth-order valence-corrected chi connectivity index (χ4v) is 4.48. The second-order valence-electron chi connectivity index (χ2n) is 5.90. The number of thiophene rings is 1. The standard InChI is InChI=1S/C18H18N2O6S2/c1-25-15-5-4-13(9-14(15)17(19)21)28(23,24)20-11-18(22,12-6-8-27-10-12)16-3-2-7-26-16/h2-10,20,22H,11H2,1H3,(H2,19,21)/t18-/m1/s1. The predicted octanol–water partition coefficient (Wildman–Crippen LogP) is 1.66. The molecule has 8 nitrogen and oxygen atoms in total. The minimum absolute atomic E-state index is 0.0653. The van der Waals surface area contributed by atoms with Crippen LogP contribution in [0.15, 0.2) is 62.7 Å². The molecule has 3 aromatic rings. The van der Waals surface area contributed by atoms with Gasteiger partial charge in [-0.1, -0.05) is 0 Å². The van der Waals surface area contributed by atoms with Gasteiger partial charge in [0.1, 0.15) is 11.5 Å². The molecule has 0 saturated carbocycles. The summed E-state index contributed by atoms with van der Waals surface area (Å²) in [7, 11) is -2.72. The number of nitrogens with one attached hydrogen (secondary N) is 1. The number of carbonyl (C=O) groups excluding carboxylic acids is 1. The van der Waals surface area contributed by atoms with E-state index in [4.69, 9.17) is 14.9 Å². The topological polar surface area (TPSA) is 132 Å². The van der Waals surface area contributed by atoms with Gasteiger partial charge in [0.15, 0.2) is 5.60 Å². The average Bonchev–Trinajstić information content (AvgIpc) is 3.39. The van der Waals surface area contributed by atoms with Gasteiger partial charge in [-0.15, -0.1) is 0 Å². The Hall–Kier alpha value is -2.66. The summed E-state index contributed by atoms with van der Waals surface area (Å²) in [4.78, 5) is 11.4. The SMILES string of the molecule is COc1ccc(S(=O)(=O)NC[C@@](O)(c2ccsc2)c2ccco2)cc1C(N)=O. The highest BCUT2D eigenvalue weighted by Gasteiger charge is 2.36. The maximum absolute atomic E-state index is 12.7.